The number of halogens is 3. The molecule has 1 aromatic heterocycles. The van der Waals surface area contributed by atoms with Gasteiger partial charge in [0.2, 0.25) is 0 Å². The standard InChI is InChI=1S/C21H19F3N4O/c1-3-20-25-18-9-6-16(27-12-10-26(2)11-13-27)14-19(18)28(20)15-4-7-17(8-5-15)29-21(22,23)24/h1,4-9,14H,10-13H2,2H3. The first-order valence-electron chi connectivity index (χ1n) is 9.13. The number of hydrogen-bond acceptors (Lipinski definition) is 4. The Labute approximate surface area is 166 Å². The Bertz CT molecular complexity index is 1060. The number of ether oxygens (including phenoxy) is 1. The fourth-order valence-electron chi connectivity index (χ4n) is 3.48. The van der Waals surface area contributed by atoms with Gasteiger partial charge in [0.05, 0.1) is 11.0 Å². The van der Waals surface area contributed by atoms with E-state index in [0.29, 0.717) is 11.5 Å². The second kappa shape index (κ2) is 7.33. The van der Waals surface area contributed by atoms with Crippen molar-refractivity contribution >= 4 is 16.7 Å². The minimum Gasteiger partial charge on any atom is -0.406 e. The molecular weight excluding hydrogens is 381 g/mol. The summed E-state index contributed by atoms with van der Waals surface area (Å²) in [4.78, 5) is 9.05. The predicted molar refractivity (Wildman–Crippen MR) is 105 cm³/mol. The number of hydrogen-bond donors (Lipinski definition) is 0. The minimum atomic E-state index is -4.73. The molecule has 1 aliphatic heterocycles. The van der Waals surface area contributed by atoms with Gasteiger partial charge >= 0.3 is 6.36 Å². The monoisotopic (exact) mass is 400 g/mol. The number of benzene rings is 2. The second-order valence-corrected chi connectivity index (χ2v) is 6.92. The van der Waals surface area contributed by atoms with E-state index >= 15 is 0 Å². The normalized spacial score (nSPS) is 15.5. The molecule has 2 heterocycles. The van der Waals surface area contributed by atoms with Crippen LogP contribution in [0.1, 0.15) is 5.82 Å². The van der Waals surface area contributed by atoms with Crippen LogP contribution in [0.25, 0.3) is 16.7 Å². The lowest BCUT2D eigenvalue weighted by Gasteiger charge is -2.34. The summed E-state index contributed by atoms with van der Waals surface area (Å²) in [6.45, 7) is 3.80. The van der Waals surface area contributed by atoms with Crippen LogP contribution in [-0.2, 0) is 0 Å². The molecule has 150 valence electrons. The molecule has 0 spiro atoms. The molecule has 0 unspecified atom stereocenters. The van der Waals surface area contributed by atoms with Crippen LogP contribution in [0.3, 0.4) is 0 Å². The zero-order valence-electron chi connectivity index (χ0n) is 15.8. The summed E-state index contributed by atoms with van der Waals surface area (Å²) >= 11 is 0. The molecule has 0 saturated carbocycles. The quantitative estimate of drug-likeness (QED) is 0.629. The highest BCUT2D eigenvalue weighted by Crippen LogP contribution is 2.29. The average Bonchev–Trinajstić information content (AvgIpc) is 3.06. The SMILES string of the molecule is C#Cc1nc2ccc(N3CCN(C)CC3)cc2n1-c1ccc(OC(F)(F)F)cc1. The lowest BCUT2D eigenvalue weighted by molar-refractivity contribution is -0.274. The van der Waals surface area contributed by atoms with Gasteiger partial charge in [-0.05, 0) is 55.4 Å². The maximum absolute atomic E-state index is 12.4. The first-order valence-corrected chi connectivity index (χ1v) is 9.13. The smallest absolute Gasteiger partial charge is 0.406 e. The number of imidazole rings is 1. The number of piperazine rings is 1. The fraction of sp³-hybridized carbons (Fsp3) is 0.286. The summed E-state index contributed by atoms with van der Waals surface area (Å²) in [6.07, 6.45) is 0.907. The van der Waals surface area contributed by atoms with Gasteiger partial charge in [0.15, 0.2) is 5.82 Å². The van der Waals surface area contributed by atoms with Crippen molar-refractivity contribution in [2.45, 2.75) is 6.36 Å². The van der Waals surface area contributed by atoms with Gasteiger partial charge in [0.25, 0.3) is 0 Å². The largest absolute Gasteiger partial charge is 0.573 e. The molecule has 8 heteroatoms. The van der Waals surface area contributed by atoms with E-state index in [2.05, 4.69) is 32.5 Å². The highest BCUT2D eigenvalue weighted by Gasteiger charge is 2.31. The summed E-state index contributed by atoms with van der Waals surface area (Å²) in [6, 6.07) is 11.6. The van der Waals surface area contributed by atoms with E-state index in [1.54, 1.807) is 4.57 Å². The molecule has 4 rings (SSSR count). The van der Waals surface area contributed by atoms with Gasteiger partial charge < -0.3 is 14.5 Å². The molecule has 5 nitrogen and oxygen atoms in total. The van der Waals surface area contributed by atoms with Gasteiger partial charge in [-0.2, -0.15) is 0 Å². The Hall–Kier alpha value is -3.18. The van der Waals surface area contributed by atoms with Crippen LogP contribution < -0.4 is 9.64 Å². The van der Waals surface area contributed by atoms with E-state index in [9.17, 15) is 13.2 Å². The Morgan fingerprint density at radius 1 is 1.00 bits per heavy atom. The zero-order chi connectivity index (χ0) is 20.6. The summed E-state index contributed by atoms with van der Waals surface area (Å²) in [5.41, 5.74) is 3.21. The van der Waals surface area contributed by atoms with Crippen molar-refractivity contribution in [3.63, 3.8) is 0 Å². The van der Waals surface area contributed by atoms with Gasteiger partial charge in [-0.15, -0.1) is 19.6 Å². The average molecular weight is 400 g/mol. The summed E-state index contributed by atoms with van der Waals surface area (Å²) in [5, 5.41) is 0. The molecule has 0 amide bonds. The van der Waals surface area contributed by atoms with E-state index in [1.807, 2.05) is 18.2 Å². The number of nitrogens with zero attached hydrogens (tertiary/aromatic N) is 4. The van der Waals surface area contributed by atoms with Crippen LogP contribution in [0, 0.1) is 12.3 Å². The Morgan fingerprint density at radius 3 is 2.28 bits per heavy atom. The molecule has 29 heavy (non-hydrogen) atoms. The summed E-state index contributed by atoms with van der Waals surface area (Å²) in [7, 11) is 2.10. The molecule has 1 fully saturated rings. The Balaban J connectivity index is 1.73. The summed E-state index contributed by atoms with van der Waals surface area (Å²) < 4.78 is 43.0. The van der Waals surface area contributed by atoms with Crippen molar-refractivity contribution in [1.82, 2.24) is 14.5 Å². The van der Waals surface area contributed by atoms with Crippen molar-refractivity contribution in [1.29, 1.82) is 0 Å². The fourth-order valence-corrected chi connectivity index (χ4v) is 3.48. The lowest BCUT2D eigenvalue weighted by atomic mass is 10.2. The van der Waals surface area contributed by atoms with Crippen LogP contribution in [0.4, 0.5) is 18.9 Å². The van der Waals surface area contributed by atoms with Crippen molar-refractivity contribution in [2.24, 2.45) is 0 Å². The first kappa shape index (κ1) is 19.2. The number of fused-ring (bicyclic) bond motifs is 1. The van der Waals surface area contributed by atoms with Crippen LogP contribution in [0.15, 0.2) is 42.5 Å². The Morgan fingerprint density at radius 2 is 1.66 bits per heavy atom. The van der Waals surface area contributed by atoms with E-state index in [4.69, 9.17) is 6.42 Å². The molecular formula is C21H19F3N4O. The number of terminal acetylenes is 1. The first-order chi connectivity index (χ1) is 13.8. The maximum Gasteiger partial charge on any atom is 0.573 e. The molecule has 0 N–H and O–H groups in total. The van der Waals surface area contributed by atoms with E-state index in [1.165, 1.54) is 24.3 Å². The molecule has 0 aliphatic carbocycles. The molecule has 0 bridgehead atoms. The van der Waals surface area contributed by atoms with E-state index < -0.39 is 6.36 Å². The molecule has 3 aromatic rings. The predicted octanol–water partition coefficient (Wildman–Crippen LogP) is 3.66. The van der Waals surface area contributed by atoms with Crippen molar-refractivity contribution in [3.05, 3.63) is 48.3 Å². The van der Waals surface area contributed by atoms with Crippen LogP contribution >= 0.6 is 0 Å². The zero-order valence-corrected chi connectivity index (χ0v) is 15.8. The van der Waals surface area contributed by atoms with Crippen molar-refractivity contribution in [2.75, 3.05) is 38.1 Å². The van der Waals surface area contributed by atoms with Gasteiger partial charge in [-0.25, -0.2) is 4.98 Å². The molecule has 1 saturated heterocycles. The van der Waals surface area contributed by atoms with E-state index in [0.717, 1.165) is 42.9 Å². The number of likely N-dealkylation sites (N-methyl/N-ethyl adjacent to an activating group) is 1. The van der Waals surface area contributed by atoms with Gasteiger partial charge in [-0.3, -0.25) is 4.57 Å². The molecule has 2 aromatic carbocycles. The lowest BCUT2D eigenvalue weighted by Crippen LogP contribution is -2.44. The van der Waals surface area contributed by atoms with Crippen molar-refractivity contribution < 1.29 is 17.9 Å². The number of aromatic nitrogens is 2. The number of anilines is 1. The van der Waals surface area contributed by atoms with Crippen molar-refractivity contribution in [3.8, 4) is 23.8 Å². The topological polar surface area (TPSA) is 33.5 Å². The highest BCUT2D eigenvalue weighted by molar-refractivity contribution is 5.83. The third-order valence-electron chi connectivity index (χ3n) is 4.96. The maximum atomic E-state index is 12.4. The number of rotatable bonds is 3. The summed E-state index contributed by atoms with van der Waals surface area (Å²) in [5.74, 6) is 2.66. The second-order valence-electron chi connectivity index (χ2n) is 6.92. The highest BCUT2D eigenvalue weighted by atomic mass is 19.4. The third-order valence-corrected chi connectivity index (χ3v) is 4.96. The minimum absolute atomic E-state index is 0.286. The van der Waals surface area contributed by atoms with Gasteiger partial charge in [0, 0.05) is 37.6 Å². The Kier molecular flexibility index (Phi) is 4.84. The molecule has 0 atom stereocenters. The van der Waals surface area contributed by atoms with Crippen LogP contribution in [-0.4, -0.2) is 54.0 Å². The van der Waals surface area contributed by atoms with Gasteiger partial charge in [0.1, 0.15) is 5.75 Å². The van der Waals surface area contributed by atoms with Gasteiger partial charge in [-0.1, -0.05) is 0 Å². The van der Waals surface area contributed by atoms with Crippen LogP contribution in [0.2, 0.25) is 0 Å². The van der Waals surface area contributed by atoms with Crippen LogP contribution in [0.5, 0.6) is 5.75 Å². The number of alkyl halides is 3. The third kappa shape index (κ3) is 4.00. The molecule has 0 radical (unpaired) electrons. The van der Waals surface area contributed by atoms with E-state index in [-0.39, 0.29) is 5.75 Å². The molecule has 1 aliphatic rings.